The topological polar surface area (TPSA) is 32.3 Å². The molecule has 0 bridgehead atoms. The second kappa shape index (κ2) is 4.74. The van der Waals surface area contributed by atoms with Crippen LogP contribution in [0.5, 0.6) is 0 Å². The highest BCUT2D eigenvalue weighted by molar-refractivity contribution is 6.30. The highest BCUT2D eigenvalue weighted by atomic mass is 35.5. The van der Waals surface area contributed by atoms with Gasteiger partial charge in [0.15, 0.2) is 0 Å². The van der Waals surface area contributed by atoms with Crippen LogP contribution >= 0.6 is 11.6 Å². The lowest BCUT2D eigenvalue weighted by Crippen LogP contribution is -2.46. The summed E-state index contributed by atoms with van der Waals surface area (Å²) >= 11 is 5.94. The van der Waals surface area contributed by atoms with E-state index in [0.717, 1.165) is 29.8 Å². The van der Waals surface area contributed by atoms with E-state index in [4.69, 9.17) is 11.6 Å². The normalized spacial score (nSPS) is 20.2. The maximum Gasteiger partial charge on any atom is 0.0771 e. The second-order valence-corrected chi connectivity index (χ2v) is 5.17. The fraction of sp³-hybridized carbons (Fsp3) is 0.538. The van der Waals surface area contributed by atoms with Gasteiger partial charge in [-0.3, -0.25) is 0 Å². The average molecular weight is 240 g/mol. The first-order chi connectivity index (χ1) is 7.59. The highest BCUT2D eigenvalue weighted by Gasteiger charge is 2.34. The van der Waals surface area contributed by atoms with E-state index in [1.54, 1.807) is 0 Å². The molecule has 0 saturated heterocycles. The smallest absolute Gasteiger partial charge is 0.0771 e. The summed E-state index contributed by atoms with van der Waals surface area (Å²) in [7, 11) is 0. The van der Waals surface area contributed by atoms with Crippen molar-refractivity contribution in [2.24, 2.45) is 0 Å². The molecule has 0 radical (unpaired) electrons. The van der Waals surface area contributed by atoms with Crippen LogP contribution in [0.15, 0.2) is 24.3 Å². The summed E-state index contributed by atoms with van der Waals surface area (Å²) in [5.74, 6) is 0. The monoisotopic (exact) mass is 239 g/mol. The predicted molar refractivity (Wildman–Crippen MR) is 66.7 cm³/mol. The van der Waals surface area contributed by atoms with Crippen molar-refractivity contribution < 1.29 is 5.11 Å². The molecule has 1 aliphatic rings. The van der Waals surface area contributed by atoms with E-state index in [1.807, 2.05) is 24.3 Å². The van der Waals surface area contributed by atoms with Crippen molar-refractivity contribution in [3.63, 3.8) is 0 Å². The lowest BCUT2D eigenvalue weighted by Gasteiger charge is -2.37. The molecule has 0 amide bonds. The van der Waals surface area contributed by atoms with Gasteiger partial charge in [0.05, 0.1) is 5.60 Å². The lowest BCUT2D eigenvalue weighted by molar-refractivity contribution is -0.0329. The van der Waals surface area contributed by atoms with E-state index in [9.17, 15) is 5.11 Å². The maximum absolute atomic E-state index is 9.97. The molecule has 0 aromatic heterocycles. The molecule has 0 spiro atoms. The molecule has 1 unspecified atom stereocenters. The van der Waals surface area contributed by atoms with E-state index in [1.165, 1.54) is 0 Å². The zero-order valence-corrected chi connectivity index (χ0v) is 10.3. The van der Waals surface area contributed by atoms with Crippen molar-refractivity contribution >= 4 is 11.6 Å². The number of hydrogen-bond acceptors (Lipinski definition) is 2. The number of hydrogen-bond donors (Lipinski definition) is 2. The Morgan fingerprint density at radius 2 is 2.25 bits per heavy atom. The number of halogens is 1. The molecule has 1 aromatic rings. The summed E-state index contributed by atoms with van der Waals surface area (Å²) in [5, 5.41) is 14.1. The first-order valence-electron chi connectivity index (χ1n) is 5.80. The molecular weight excluding hydrogens is 222 g/mol. The van der Waals surface area contributed by atoms with Gasteiger partial charge in [-0.1, -0.05) is 23.7 Å². The van der Waals surface area contributed by atoms with Crippen molar-refractivity contribution in [2.45, 2.75) is 37.8 Å². The zero-order valence-electron chi connectivity index (χ0n) is 9.54. The van der Waals surface area contributed by atoms with E-state index in [0.29, 0.717) is 6.54 Å². The molecule has 2 nitrogen and oxygen atoms in total. The van der Waals surface area contributed by atoms with Gasteiger partial charge in [-0.15, -0.1) is 0 Å². The molecule has 16 heavy (non-hydrogen) atoms. The van der Waals surface area contributed by atoms with Gasteiger partial charge in [-0.25, -0.2) is 0 Å². The molecule has 1 saturated carbocycles. The van der Waals surface area contributed by atoms with Gasteiger partial charge in [0, 0.05) is 17.6 Å². The Bertz CT molecular complexity index is 363. The first-order valence-corrected chi connectivity index (χ1v) is 6.18. The van der Waals surface area contributed by atoms with Gasteiger partial charge in [0.1, 0.15) is 0 Å². The van der Waals surface area contributed by atoms with Crippen LogP contribution in [0.4, 0.5) is 0 Å². The standard InChI is InChI=1S/C13H18ClNO/c1-10(11-4-2-5-12(14)8-11)15-9-13(16)6-3-7-13/h2,4-5,8,10,15-16H,3,6-7,9H2,1H3. The summed E-state index contributed by atoms with van der Waals surface area (Å²) in [6, 6.07) is 8.06. The quantitative estimate of drug-likeness (QED) is 0.847. The van der Waals surface area contributed by atoms with Crippen molar-refractivity contribution in [1.82, 2.24) is 5.32 Å². The Hall–Kier alpha value is -0.570. The predicted octanol–water partition coefficient (Wildman–Crippen LogP) is 2.91. The van der Waals surface area contributed by atoms with Crippen molar-refractivity contribution in [3.8, 4) is 0 Å². The molecular formula is C13H18ClNO. The minimum absolute atomic E-state index is 0.225. The van der Waals surface area contributed by atoms with Crippen LogP contribution in [0.25, 0.3) is 0 Å². The Morgan fingerprint density at radius 1 is 1.50 bits per heavy atom. The van der Waals surface area contributed by atoms with Gasteiger partial charge in [-0.05, 0) is 43.9 Å². The first kappa shape index (κ1) is 11.9. The van der Waals surface area contributed by atoms with E-state index in [-0.39, 0.29) is 6.04 Å². The van der Waals surface area contributed by atoms with Crippen LogP contribution < -0.4 is 5.32 Å². The summed E-state index contributed by atoms with van der Waals surface area (Å²) in [4.78, 5) is 0. The summed E-state index contributed by atoms with van der Waals surface area (Å²) in [6.45, 7) is 2.76. The molecule has 3 heteroatoms. The Morgan fingerprint density at radius 3 is 2.81 bits per heavy atom. The fourth-order valence-corrected chi connectivity index (χ4v) is 2.20. The third-order valence-corrected chi connectivity index (χ3v) is 3.61. The number of rotatable bonds is 4. The van der Waals surface area contributed by atoms with Crippen molar-refractivity contribution in [2.75, 3.05) is 6.54 Å². The Labute approximate surface area is 102 Å². The second-order valence-electron chi connectivity index (χ2n) is 4.74. The third kappa shape index (κ3) is 2.76. The van der Waals surface area contributed by atoms with Gasteiger partial charge in [0.2, 0.25) is 0 Å². The van der Waals surface area contributed by atoms with E-state index in [2.05, 4.69) is 12.2 Å². The van der Waals surface area contributed by atoms with Gasteiger partial charge in [-0.2, -0.15) is 0 Å². The van der Waals surface area contributed by atoms with E-state index < -0.39 is 5.60 Å². The highest BCUT2D eigenvalue weighted by Crippen LogP contribution is 2.31. The Balaban J connectivity index is 1.90. The summed E-state index contributed by atoms with van der Waals surface area (Å²) < 4.78 is 0. The van der Waals surface area contributed by atoms with Crippen LogP contribution in [0.3, 0.4) is 0 Å². The largest absolute Gasteiger partial charge is 0.389 e. The van der Waals surface area contributed by atoms with Gasteiger partial charge >= 0.3 is 0 Å². The number of benzene rings is 1. The summed E-state index contributed by atoms with van der Waals surface area (Å²) in [5.41, 5.74) is 0.697. The molecule has 1 aromatic carbocycles. The molecule has 2 N–H and O–H groups in total. The molecule has 1 fully saturated rings. The molecule has 0 aliphatic heterocycles. The molecule has 1 aliphatic carbocycles. The maximum atomic E-state index is 9.97. The SMILES string of the molecule is CC(NCC1(O)CCC1)c1cccc(Cl)c1. The summed E-state index contributed by atoms with van der Waals surface area (Å²) in [6.07, 6.45) is 2.98. The number of aliphatic hydroxyl groups is 1. The third-order valence-electron chi connectivity index (χ3n) is 3.37. The molecule has 88 valence electrons. The van der Waals surface area contributed by atoms with Crippen molar-refractivity contribution in [3.05, 3.63) is 34.9 Å². The molecule has 1 atom stereocenters. The minimum atomic E-state index is -0.465. The van der Waals surface area contributed by atoms with Crippen molar-refractivity contribution in [1.29, 1.82) is 0 Å². The Kier molecular flexibility index (Phi) is 3.53. The van der Waals surface area contributed by atoms with Crippen LogP contribution in [0.2, 0.25) is 5.02 Å². The van der Waals surface area contributed by atoms with Crippen LogP contribution in [0, 0.1) is 0 Å². The van der Waals surface area contributed by atoms with Crippen LogP contribution in [0.1, 0.15) is 37.8 Å². The minimum Gasteiger partial charge on any atom is -0.389 e. The van der Waals surface area contributed by atoms with Gasteiger partial charge in [0.25, 0.3) is 0 Å². The van der Waals surface area contributed by atoms with Crippen LogP contribution in [-0.4, -0.2) is 17.3 Å². The van der Waals surface area contributed by atoms with E-state index >= 15 is 0 Å². The van der Waals surface area contributed by atoms with Gasteiger partial charge < -0.3 is 10.4 Å². The van der Waals surface area contributed by atoms with Crippen LogP contribution in [-0.2, 0) is 0 Å². The molecule has 2 rings (SSSR count). The molecule has 0 heterocycles. The fourth-order valence-electron chi connectivity index (χ4n) is 2.00. The lowest BCUT2D eigenvalue weighted by atomic mass is 9.80. The number of nitrogens with one attached hydrogen (secondary N) is 1. The zero-order chi connectivity index (χ0) is 11.6. The average Bonchev–Trinajstić information content (AvgIpc) is 2.23.